The maximum Gasteiger partial charge on any atom is 0.320 e. The Hall–Kier alpha value is -2.32. The monoisotopic (exact) mass is 394 g/mol. The number of carbonyl (C=O) groups is 2. The molecular formula is C24H30N2O3. The first-order chi connectivity index (χ1) is 14.0. The van der Waals surface area contributed by atoms with Crippen LogP contribution in [0, 0.1) is 37.5 Å². The van der Waals surface area contributed by atoms with E-state index in [-0.39, 0.29) is 30.4 Å². The van der Waals surface area contributed by atoms with Crippen LogP contribution in [0.25, 0.3) is 0 Å². The highest BCUT2D eigenvalue weighted by Crippen LogP contribution is 2.28. The van der Waals surface area contributed by atoms with Crippen molar-refractivity contribution in [3.8, 4) is 11.8 Å². The highest BCUT2D eigenvalue weighted by atomic mass is 16.5. The van der Waals surface area contributed by atoms with Gasteiger partial charge >= 0.3 is 6.03 Å². The highest BCUT2D eigenvalue weighted by Gasteiger charge is 2.38. The molecule has 0 saturated carbocycles. The quantitative estimate of drug-likeness (QED) is 0.635. The van der Waals surface area contributed by atoms with Gasteiger partial charge in [-0.15, -0.1) is 0 Å². The summed E-state index contributed by atoms with van der Waals surface area (Å²) in [6, 6.07) is 6.39. The molecule has 3 heterocycles. The second-order valence-corrected chi connectivity index (χ2v) is 8.67. The third-order valence-electron chi connectivity index (χ3n) is 6.53. The lowest BCUT2D eigenvalue weighted by Gasteiger charge is -2.42. The number of rotatable bonds is 0. The summed E-state index contributed by atoms with van der Waals surface area (Å²) in [4.78, 5) is 28.5. The van der Waals surface area contributed by atoms with Gasteiger partial charge in [0.25, 0.3) is 0 Å². The third kappa shape index (κ3) is 4.48. The number of urea groups is 1. The average molecular weight is 395 g/mol. The smallest absolute Gasteiger partial charge is 0.320 e. The number of Topliss-reactive ketones (excluding diaryl/α,β-unsaturated/α-hetero) is 1. The Bertz CT molecular complexity index is 825. The Morgan fingerprint density at radius 3 is 2.48 bits per heavy atom. The van der Waals surface area contributed by atoms with Crippen LogP contribution in [-0.4, -0.2) is 60.5 Å². The second-order valence-electron chi connectivity index (χ2n) is 8.67. The van der Waals surface area contributed by atoms with Crippen LogP contribution in [0.15, 0.2) is 18.2 Å². The molecule has 4 rings (SSSR count). The minimum Gasteiger partial charge on any atom is -0.370 e. The van der Waals surface area contributed by atoms with Gasteiger partial charge < -0.3 is 14.5 Å². The molecule has 0 unspecified atom stereocenters. The summed E-state index contributed by atoms with van der Waals surface area (Å²) in [5.41, 5.74) is 3.58. The Balaban J connectivity index is 1.31. The number of hydrogen-bond acceptors (Lipinski definition) is 3. The fourth-order valence-electron chi connectivity index (χ4n) is 4.75. The summed E-state index contributed by atoms with van der Waals surface area (Å²) in [7, 11) is 0. The molecule has 3 aliphatic heterocycles. The van der Waals surface area contributed by atoms with E-state index in [0.717, 1.165) is 44.5 Å². The van der Waals surface area contributed by atoms with Gasteiger partial charge in [0.15, 0.2) is 5.78 Å². The summed E-state index contributed by atoms with van der Waals surface area (Å²) in [5, 5.41) is 0. The van der Waals surface area contributed by atoms with Crippen molar-refractivity contribution in [3.05, 3.63) is 34.9 Å². The number of hydrogen-bond donors (Lipinski definition) is 0. The zero-order valence-corrected chi connectivity index (χ0v) is 17.4. The molecule has 1 aromatic carbocycles. The summed E-state index contributed by atoms with van der Waals surface area (Å²) in [5.74, 6) is 7.49. The fraction of sp³-hybridized carbons (Fsp3) is 0.583. The second kappa shape index (κ2) is 8.59. The van der Waals surface area contributed by atoms with E-state index in [9.17, 15) is 9.59 Å². The molecule has 2 atom stereocenters. The molecule has 5 heteroatoms. The van der Waals surface area contributed by atoms with Gasteiger partial charge in [0.1, 0.15) is 6.61 Å². The van der Waals surface area contributed by atoms with Gasteiger partial charge in [-0.3, -0.25) is 4.79 Å². The van der Waals surface area contributed by atoms with Crippen molar-refractivity contribution in [2.45, 2.75) is 45.6 Å². The van der Waals surface area contributed by atoms with E-state index in [2.05, 4.69) is 43.9 Å². The van der Waals surface area contributed by atoms with Crippen LogP contribution >= 0.6 is 0 Å². The number of aryl methyl sites for hydroxylation is 2. The van der Waals surface area contributed by atoms with Crippen LogP contribution in [0.4, 0.5) is 4.79 Å². The molecule has 5 nitrogen and oxygen atoms in total. The maximum absolute atomic E-state index is 13.0. The minimum absolute atomic E-state index is 0.114. The Morgan fingerprint density at radius 2 is 1.76 bits per heavy atom. The lowest BCUT2D eigenvalue weighted by atomic mass is 9.88. The number of carbonyl (C=O) groups excluding carboxylic acids is 2. The molecule has 2 amide bonds. The first-order valence-electron chi connectivity index (χ1n) is 10.8. The molecule has 3 fully saturated rings. The molecule has 29 heavy (non-hydrogen) atoms. The Kier molecular flexibility index (Phi) is 5.91. The molecule has 0 spiro atoms. The third-order valence-corrected chi connectivity index (χ3v) is 6.53. The maximum atomic E-state index is 13.0. The van der Waals surface area contributed by atoms with Crippen molar-refractivity contribution < 1.29 is 14.3 Å². The largest absolute Gasteiger partial charge is 0.370 e. The van der Waals surface area contributed by atoms with E-state index in [1.54, 1.807) is 0 Å². The normalized spacial score (nSPS) is 25.2. The summed E-state index contributed by atoms with van der Waals surface area (Å²) in [6.07, 6.45) is 3.37. The van der Waals surface area contributed by atoms with Gasteiger partial charge in [-0.1, -0.05) is 30.0 Å². The minimum atomic E-state index is 0.114. The van der Waals surface area contributed by atoms with Gasteiger partial charge in [-0.25, -0.2) is 4.79 Å². The van der Waals surface area contributed by atoms with E-state index < -0.39 is 0 Å². The molecule has 0 N–H and O–H groups in total. The van der Waals surface area contributed by atoms with Crippen molar-refractivity contribution in [2.75, 3.05) is 32.8 Å². The molecule has 0 radical (unpaired) electrons. The number of ether oxygens (including phenoxy) is 1. The molecule has 154 valence electrons. The van der Waals surface area contributed by atoms with Crippen molar-refractivity contribution >= 4 is 11.8 Å². The van der Waals surface area contributed by atoms with E-state index in [1.165, 1.54) is 11.1 Å². The van der Waals surface area contributed by atoms with Gasteiger partial charge in [0.2, 0.25) is 0 Å². The molecule has 0 bridgehead atoms. The van der Waals surface area contributed by atoms with Crippen molar-refractivity contribution in [2.24, 2.45) is 11.8 Å². The molecule has 1 aromatic rings. The van der Waals surface area contributed by atoms with Crippen molar-refractivity contribution in [3.63, 3.8) is 0 Å². The number of nitrogens with zero attached hydrogens (tertiary/aromatic N) is 2. The standard InChI is InChI=1S/C24H30N2O3/c1-17-4-3-5-18(2)22(17)7-6-19-8-11-25(12-9-19)24(28)26-13-10-23-20(15-26)14-21(27)16-29-23/h3-5,19-20,23H,8-16H2,1-2H3/t20-,23+/m1/s1. The predicted octanol–water partition coefficient (Wildman–Crippen LogP) is 3.17. The van der Waals surface area contributed by atoms with E-state index in [4.69, 9.17) is 4.74 Å². The SMILES string of the molecule is Cc1cccc(C)c1C#CC1CCN(C(=O)N2CC[C@@H]3OCC(=O)C[C@@H]3C2)CC1. The van der Waals surface area contributed by atoms with Crippen LogP contribution in [0.1, 0.15) is 42.4 Å². The van der Waals surface area contributed by atoms with Crippen LogP contribution < -0.4 is 0 Å². The van der Waals surface area contributed by atoms with Crippen LogP contribution in [0.5, 0.6) is 0 Å². The lowest BCUT2D eigenvalue weighted by molar-refractivity contribution is -0.139. The molecule has 0 aromatic heterocycles. The van der Waals surface area contributed by atoms with Crippen LogP contribution in [0.3, 0.4) is 0 Å². The predicted molar refractivity (Wildman–Crippen MR) is 112 cm³/mol. The molecular weight excluding hydrogens is 364 g/mol. The first-order valence-corrected chi connectivity index (χ1v) is 10.8. The van der Waals surface area contributed by atoms with Crippen molar-refractivity contribution in [1.29, 1.82) is 0 Å². The lowest BCUT2D eigenvalue weighted by Crippen LogP contribution is -2.54. The van der Waals surface area contributed by atoms with E-state index >= 15 is 0 Å². The fourth-order valence-corrected chi connectivity index (χ4v) is 4.75. The van der Waals surface area contributed by atoms with E-state index in [1.807, 2.05) is 9.80 Å². The van der Waals surface area contributed by atoms with Gasteiger partial charge in [0.05, 0.1) is 6.10 Å². The number of fused-ring (bicyclic) bond motifs is 1. The number of amides is 2. The summed E-state index contributed by atoms with van der Waals surface area (Å²) >= 11 is 0. The summed E-state index contributed by atoms with van der Waals surface area (Å²) < 4.78 is 5.65. The number of ketones is 1. The molecule has 0 aliphatic carbocycles. The zero-order chi connectivity index (χ0) is 20.4. The van der Waals surface area contributed by atoms with Crippen molar-refractivity contribution in [1.82, 2.24) is 9.80 Å². The first kappa shape index (κ1) is 20.0. The number of likely N-dealkylation sites (tertiary alicyclic amines) is 2. The van der Waals surface area contributed by atoms with Gasteiger partial charge in [-0.2, -0.15) is 0 Å². The Labute approximate surface area is 173 Å². The zero-order valence-electron chi connectivity index (χ0n) is 17.4. The van der Waals surface area contributed by atoms with Crippen LogP contribution in [-0.2, 0) is 9.53 Å². The van der Waals surface area contributed by atoms with E-state index in [0.29, 0.717) is 18.9 Å². The molecule has 3 aliphatic rings. The van der Waals surface area contributed by atoms with Gasteiger partial charge in [-0.05, 0) is 44.2 Å². The number of piperidine rings is 2. The van der Waals surface area contributed by atoms with Gasteiger partial charge in [0, 0.05) is 50.0 Å². The average Bonchev–Trinajstić information content (AvgIpc) is 2.73. The summed E-state index contributed by atoms with van der Waals surface area (Å²) in [6.45, 7) is 7.32. The topological polar surface area (TPSA) is 49.9 Å². The highest BCUT2D eigenvalue weighted by molar-refractivity contribution is 5.81. The Morgan fingerprint density at radius 1 is 1.07 bits per heavy atom. The molecule has 3 saturated heterocycles. The van der Waals surface area contributed by atoms with Crippen LogP contribution in [0.2, 0.25) is 0 Å². The number of benzene rings is 1.